The number of carbonyl (C=O) groups is 1. The van der Waals surface area contributed by atoms with Crippen LogP contribution in [0.2, 0.25) is 0 Å². The molecule has 1 rings (SSSR count). The zero-order chi connectivity index (χ0) is 28.9. The van der Waals surface area contributed by atoms with Crippen molar-refractivity contribution in [2.24, 2.45) is 5.92 Å². The second kappa shape index (κ2) is 27.9. The molecule has 0 bridgehead atoms. The van der Waals surface area contributed by atoms with E-state index in [0.717, 1.165) is 38.0 Å². The molecular weight excluding hydrogens is 494 g/mol. The first-order valence-electron chi connectivity index (χ1n) is 17.5. The van der Waals surface area contributed by atoms with Crippen molar-refractivity contribution in [3.8, 4) is 0 Å². The number of likely N-dealkylation sites (tertiary alicyclic amines) is 1. The fourth-order valence-corrected chi connectivity index (χ4v) is 5.98. The molecule has 1 atom stereocenters. The zero-order valence-electron chi connectivity index (χ0n) is 26.8. The van der Waals surface area contributed by atoms with E-state index in [9.17, 15) is 4.79 Å². The van der Waals surface area contributed by atoms with Gasteiger partial charge in [-0.15, -0.1) is 0 Å². The van der Waals surface area contributed by atoms with Crippen molar-refractivity contribution in [3.63, 3.8) is 0 Å². The number of allylic oxidation sites excluding steroid dienone is 4. The molecule has 0 saturated carbocycles. The molecule has 0 amide bonds. The highest BCUT2D eigenvalue weighted by Crippen LogP contribution is 2.23. The van der Waals surface area contributed by atoms with Gasteiger partial charge in [0.25, 0.3) is 0 Å². The van der Waals surface area contributed by atoms with Crippen LogP contribution in [0.5, 0.6) is 0 Å². The van der Waals surface area contributed by atoms with Crippen LogP contribution in [0.1, 0.15) is 167 Å². The Morgan fingerprint density at radius 2 is 1.20 bits per heavy atom. The second-order valence-corrected chi connectivity index (χ2v) is 12.5. The summed E-state index contributed by atoms with van der Waals surface area (Å²) >= 11 is 0. The molecule has 1 aliphatic rings. The third kappa shape index (κ3) is 24.5. The first-order valence-corrected chi connectivity index (χ1v) is 17.5. The third-order valence-corrected chi connectivity index (χ3v) is 8.72. The number of rotatable bonds is 27. The van der Waals surface area contributed by atoms with E-state index in [1.165, 1.54) is 142 Å². The van der Waals surface area contributed by atoms with Gasteiger partial charge in [0.05, 0.1) is 0 Å². The summed E-state index contributed by atoms with van der Waals surface area (Å²) in [6.07, 6.45) is 39.3. The maximum absolute atomic E-state index is 11.1. The van der Waals surface area contributed by atoms with E-state index < -0.39 is 6.16 Å². The largest absolute Gasteiger partial charge is 0.506 e. The number of piperidine rings is 1. The second-order valence-electron chi connectivity index (χ2n) is 12.5. The van der Waals surface area contributed by atoms with Crippen LogP contribution < -0.4 is 0 Å². The van der Waals surface area contributed by atoms with Crippen LogP contribution in [0.25, 0.3) is 0 Å². The minimum absolute atomic E-state index is 0.111. The normalized spacial score (nSPS) is 15.8. The Kier molecular flexibility index (Phi) is 25.6. The summed E-state index contributed by atoms with van der Waals surface area (Å²) < 4.78 is 5.20. The van der Waals surface area contributed by atoms with E-state index in [-0.39, 0.29) is 6.10 Å². The summed E-state index contributed by atoms with van der Waals surface area (Å²) in [6.45, 7) is 4.84. The van der Waals surface area contributed by atoms with Gasteiger partial charge in [0.1, 0.15) is 6.10 Å². The van der Waals surface area contributed by atoms with Crippen LogP contribution in [0.15, 0.2) is 24.3 Å². The summed E-state index contributed by atoms with van der Waals surface area (Å²) in [7, 11) is 2.25. The van der Waals surface area contributed by atoms with E-state index in [0.29, 0.717) is 0 Å². The summed E-state index contributed by atoms with van der Waals surface area (Å²) in [5.41, 5.74) is 0. The molecule has 1 aliphatic heterocycles. The van der Waals surface area contributed by atoms with Crippen LogP contribution in [0.3, 0.4) is 0 Å². The third-order valence-electron chi connectivity index (χ3n) is 8.72. The number of hydrogen-bond acceptors (Lipinski definition) is 3. The van der Waals surface area contributed by atoms with E-state index in [1.54, 1.807) is 0 Å². The minimum Gasteiger partial charge on any atom is -0.450 e. The van der Waals surface area contributed by atoms with Gasteiger partial charge in [-0.3, -0.25) is 0 Å². The van der Waals surface area contributed by atoms with Crippen LogP contribution in [0, 0.1) is 5.92 Å². The van der Waals surface area contributed by atoms with Gasteiger partial charge in [-0.1, -0.05) is 121 Å². The molecule has 1 heterocycles. The Labute approximate surface area is 249 Å². The molecular formula is C36H67NO3. The average molecular weight is 562 g/mol. The van der Waals surface area contributed by atoms with Gasteiger partial charge in [-0.05, 0) is 96.7 Å². The fourth-order valence-electron chi connectivity index (χ4n) is 5.98. The van der Waals surface area contributed by atoms with Gasteiger partial charge >= 0.3 is 6.16 Å². The van der Waals surface area contributed by atoms with Gasteiger partial charge in [0.15, 0.2) is 0 Å². The number of unbranched alkanes of at least 4 members (excludes halogenated alkanes) is 16. The molecule has 1 N–H and O–H groups in total. The van der Waals surface area contributed by atoms with Crippen molar-refractivity contribution in [2.75, 3.05) is 20.1 Å². The van der Waals surface area contributed by atoms with Crippen molar-refractivity contribution < 1.29 is 14.6 Å². The van der Waals surface area contributed by atoms with Gasteiger partial charge in [-0.2, -0.15) is 0 Å². The molecule has 0 spiro atoms. The van der Waals surface area contributed by atoms with E-state index in [2.05, 4.69) is 43.2 Å². The quantitative estimate of drug-likeness (QED) is 0.0615. The zero-order valence-corrected chi connectivity index (χ0v) is 26.8. The maximum atomic E-state index is 11.1. The van der Waals surface area contributed by atoms with Crippen LogP contribution >= 0.6 is 0 Å². The van der Waals surface area contributed by atoms with Crippen molar-refractivity contribution in [2.45, 2.75) is 174 Å². The molecule has 1 saturated heterocycles. The summed E-state index contributed by atoms with van der Waals surface area (Å²) in [4.78, 5) is 13.6. The molecule has 0 radical (unpaired) electrons. The van der Waals surface area contributed by atoms with Gasteiger partial charge in [-0.25, -0.2) is 4.79 Å². The van der Waals surface area contributed by atoms with Crippen LogP contribution in [-0.4, -0.2) is 42.4 Å². The molecule has 0 aromatic heterocycles. The molecule has 40 heavy (non-hydrogen) atoms. The average Bonchev–Trinajstić information content (AvgIpc) is 2.94. The molecule has 1 fully saturated rings. The topological polar surface area (TPSA) is 49.8 Å². The SMILES string of the molecule is CCCCCC=CCC=CCCCCCCCC(CCCCCCCCCCCC1CCN(C)CC1)OC(=O)O. The predicted octanol–water partition coefficient (Wildman–Crippen LogP) is 11.5. The molecule has 1 unspecified atom stereocenters. The highest BCUT2D eigenvalue weighted by molar-refractivity contribution is 5.57. The number of carboxylic acid groups (broad SMARTS) is 1. The Balaban J connectivity index is 1.91. The molecule has 234 valence electrons. The Bertz CT molecular complexity index is 609. The van der Waals surface area contributed by atoms with Crippen molar-refractivity contribution in [3.05, 3.63) is 24.3 Å². The molecule has 0 aromatic rings. The van der Waals surface area contributed by atoms with Crippen molar-refractivity contribution in [1.29, 1.82) is 0 Å². The van der Waals surface area contributed by atoms with Gasteiger partial charge in [0.2, 0.25) is 0 Å². The first-order chi connectivity index (χ1) is 19.6. The summed E-state index contributed by atoms with van der Waals surface area (Å²) in [6, 6.07) is 0. The van der Waals surface area contributed by atoms with E-state index in [1.807, 2.05) is 0 Å². The predicted molar refractivity (Wildman–Crippen MR) is 173 cm³/mol. The molecule has 4 nitrogen and oxygen atoms in total. The Hall–Kier alpha value is -1.29. The van der Waals surface area contributed by atoms with Crippen LogP contribution in [-0.2, 0) is 4.74 Å². The number of nitrogens with zero attached hydrogens (tertiary/aromatic N) is 1. The number of ether oxygens (including phenoxy) is 1. The Morgan fingerprint density at radius 1 is 0.725 bits per heavy atom. The van der Waals surface area contributed by atoms with Crippen molar-refractivity contribution >= 4 is 6.16 Å². The first kappa shape index (κ1) is 36.7. The summed E-state index contributed by atoms with van der Waals surface area (Å²) in [5, 5.41) is 9.12. The maximum Gasteiger partial charge on any atom is 0.506 e. The molecule has 0 aromatic carbocycles. The van der Waals surface area contributed by atoms with Gasteiger partial charge in [0, 0.05) is 0 Å². The van der Waals surface area contributed by atoms with Crippen LogP contribution in [0.4, 0.5) is 4.79 Å². The highest BCUT2D eigenvalue weighted by Gasteiger charge is 2.16. The Morgan fingerprint density at radius 3 is 1.73 bits per heavy atom. The lowest BCUT2D eigenvalue weighted by molar-refractivity contribution is 0.0422. The standard InChI is InChI=1S/C36H67NO3/c1-3-4-5-6-7-8-9-10-11-12-13-16-19-22-25-28-35(40-36(38)39)29-26-23-20-17-14-15-18-21-24-27-34-30-32-37(2)33-31-34/h7-8,10-11,34-35H,3-6,9,12-33H2,1-2H3,(H,38,39). The highest BCUT2D eigenvalue weighted by atomic mass is 16.7. The lowest BCUT2D eigenvalue weighted by Gasteiger charge is -2.28. The number of hydrogen-bond donors (Lipinski definition) is 1. The lowest BCUT2D eigenvalue weighted by atomic mass is 9.91. The fraction of sp³-hybridized carbons (Fsp3) is 0.861. The molecule has 4 heteroatoms. The van der Waals surface area contributed by atoms with Crippen molar-refractivity contribution in [1.82, 2.24) is 4.90 Å². The summed E-state index contributed by atoms with van der Waals surface area (Å²) in [5.74, 6) is 0.986. The lowest BCUT2D eigenvalue weighted by Crippen LogP contribution is -2.30. The monoisotopic (exact) mass is 562 g/mol. The van der Waals surface area contributed by atoms with E-state index in [4.69, 9.17) is 9.84 Å². The smallest absolute Gasteiger partial charge is 0.450 e. The minimum atomic E-state index is -1.11. The molecule has 0 aliphatic carbocycles. The van der Waals surface area contributed by atoms with E-state index >= 15 is 0 Å². The van der Waals surface area contributed by atoms with Gasteiger partial charge < -0.3 is 14.7 Å².